The Bertz CT molecular complexity index is 863. The van der Waals surface area contributed by atoms with Crippen LogP contribution in [0.4, 0.5) is 5.95 Å². The second kappa shape index (κ2) is 4.82. The van der Waals surface area contributed by atoms with Gasteiger partial charge >= 0.3 is 0 Å². The average Bonchev–Trinajstić information content (AvgIpc) is 2.77. The van der Waals surface area contributed by atoms with Gasteiger partial charge in [-0.3, -0.25) is 4.57 Å². The molecule has 0 aliphatic carbocycles. The molecule has 1 aromatic heterocycles. The molecular weight excluding hydrogens is 340 g/mol. The lowest BCUT2D eigenvalue weighted by atomic mass is 10.2. The first-order chi connectivity index (χ1) is 9.60. The van der Waals surface area contributed by atoms with Gasteiger partial charge in [0.1, 0.15) is 0 Å². The van der Waals surface area contributed by atoms with Crippen molar-refractivity contribution in [3.8, 4) is 11.8 Å². The fourth-order valence-electron chi connectivity index (χ4n) is 2.06. The fourth-order valence-corrected chi connectivity index (χ4v) is 2.54. The smallest absolute Gasteiger partial charge is 0.205 e. The molecule has 2 N–H and O–H groups in total. The van der Waals surface area contributed by atoms with Crippen molar-refractivity contribution < 1.29 is 0 Å². The van der Waals surface area contributed by atoms with Gasteiger partial charge in [-0.25, -0.2) is 4.98 Å². The average molecular weight is 348 g/mol. The van der Waals surface area contributed by atoms with E-state index in [-0.39, 0.29) is 0 Å². The summed E-state index contributed by atoms with van der Waals surface area (Å²) in [5.74, 6) is 0.365. The van der Waals surface area contributed by atoms with Crippen LogP contribution in [0.2, 0.25) is 5.02 Å². The van der Waals surface area contributed by atoms with Crippen LogP contribution in [0.1, 0.15) is 5.56 Å². The molecule has 0 saturated carbocycles. The molecule has 0 radical (unpaired) electrons. The standard InChI is InChI=1S/C14H8BrClN4/c15-10-6-9(2-3-11(10)16)20-13-5-8(7-17)1-4-12(13)19-14(20)18/h1-6H,(H2,18,19). The van der Waals surface area contributed by atoms with Crippen LogP contribution in [0.5, 0.6) is 0 Å². The summed E-state index contributed by atoms with van der Waals surface area (Å²) in [7, 11) is 0. The molecule has 0 fully saturated rings. The van der Waals surface area contributed by atoms with Crippen LogP contribution >= 0.6 is 27.5 Å². The molecule has 0 aliphatic rings. The third-order valence-corrected chi connectivity index (χ3v) is 4.18. The summed E-state index contributed by atoms with van der Waals surface area (Å²) in [5, 5.41) is 9.63. The predicted molar refractivity (Wildman–Crippen MR) is 82.9 cm³/mol. The van der Waals surface area contributed by atoms with E-state index >= 15 is 0 Å². The van der Waals surface area contributed by atoms with Gasteiger partial charge in [0.15, 0.2) is 0 Å². The number of halogens is 2. The third kappa shape index (κ3) is 2.03. The van der Waals surface area contributed by atoms with Crippen molar-refractivity contribution in [1.29, 1.82) is 5.26 Å². The molecule has 0 amide bonds. The molecule has 0 saturated heterocycles. The number of hydrogen-bond donors (Lipinski definition) is 1. The minimum absolute atomic E-state index is 0.365. The number of nitrogen functional groups attached to an aromatic ring is 1. The van der Waals surface area contributed by atoms with Gasteiger partial charge in [-0.15, -0.1) is 0 Å². The van der Waals surface area contributed by atoms with Crippen molar-refractivity contribution in [2.45, 2.75) is 0 Å². The Morgan fingerprint density at radius 1 is 1.25 bits per heavy atom. The lowest BCUT2D eigenvalue weighted by Crippen LogP contribution is -2.00. The van der Waals surface area contributed by atoms with Crippen molar-refractivity contribution in [3.63, 3.8) is 0 Å². The summed E-state index contributed by atoms with van der Waals surface area (Å²) in [5.41, 5.74) is 8.91. The highest BCUT2D eigenvalue weighted by Gasteiger charge is 2.11. The number of imidazole rings is 1. The minimum atomic E-state index is 0.365. The molecule has 3 aromatic rings. The van der Waals surface area contributed by atoms with Gasteiger partial charge in [0.25, 0.3) is 0 Å². The molecule has 0 aliphatic heterocycles. The number of benzene rings is 2. The van der Waals surface area contributed by atoms with E-state index in [4.69, 9.17) is 22.6 Å². The zero-order valence-electron chi connectivity index (χ0n) is 10.1. The number of nitrogens with two attached hydrogens (primary N) is 1. The fraction of sp³-hybridized carbons (Fsp3) is 0. The van der Waals surface area contributed by atoms with Crippen LogP contribution in [-0.2, 0) is 0 Å². The first-order valence-corrected chi connectivity index (χ1v) is 6.91. The minimum Gasteiger partial charge on any atom is -0.369 e. The van der Waals surface area contributed by atoms with Gasteiger partial charge in [-0.05, 0) is 52.3 Å². The summed E-state index contributed by atoms with van der Waals surface area (Å²) < 4.78 is 2.56. The molecule has 0 unspecified atom stereocenters. The number of anilines is 1. The highest BCUT2D eigenvalue weighted by Crippen LogP contribution is 2.29. The van der Waals surface area contributed by atoms with E-state index in [0.717, 1.165) is 21.2 Å². The maximum Gasteiger partial charge on any atom is 0.205 e. The quantitative estimate of drug-likeness (QED) is 0.726. The highest BCUT2D eigenvalue weighted by atomic mass is 79.9. The SMILES string of the molecule is N#Cc1ccc2nc(N)n(-c3ccc(Cl)c(Br)c3)c2c1. The summed E-state index contributed by atoms with van der Waals surface area (Å²) in [4.78, 5) is 4.30. The number of hydrogen-bond acceptors (Lipinski definition) is 3. The lowest BCUT2D eigenvalue weighted by Gasteiger charge is -2.08. The van der Waals surface area contributed by atoms with Gasteiger partial charge in [-0.2, -0.15) is 5.26 Å². The lowest BCUT2D eigenvalue weighted by molar-refractivity contribution is 1.11. The summed E-state index contributed by atoms with van der Waals surface area (Å²) in [6.45, 7) is 0. The Kier molecular flexibility index (Phi) is 3.13. The van der Waals surface area contributed by atoms with Crippen LogP contribution in [0, 0.1) is 11.3 Å². The van der Waals surface area contributed by atoms with Crippen molar-refractivity contribution in [1.82, 2.24) is 9.55 Å². The van der Waals surface area contributed by atoms with E-state index in [0.29, 0.717) is 16.5 Å². The second-order valence-electron chi connectivity index (χ2n) is 4.22. The van der Waals surface area contributed by atoms with Crippen LogP contribution in [0.15, 0.2) is 40.9 Å². The molecule has 4 nitrogen and oxygen atoms in total. The van der Waals surface area contributed by atoms with Crippen LogP contribution in [-0.4, -0.2) is 9.55 Å². The predicted octanol–water partition coefficient (Wildman–Crippen LogP) is 3.90. The van der Waals surface area contributed by atoms with Gasteiger partial charge in [0, 0.05) is 4.47 Å². The Morgan fingerprint density at radius 3 is 2.75 bits per heavy atom. The maximum absolute atomic E-state index is 9.01. The van der Waals surface area contributed by atoms with E-state index in [1.54, 1.807) is 28.8 Å². The summed E-state index contributed by atoms with van der Waals surface area (Å²) >= 11 is 9.39. The number of aromatic nitrogens is 2. The van der Waals surface area contributed by atoms with Crippen LogP contribution in [0.3, 0.4) is 0 Å². The van der Waals surface area contributed by atoms with Crippen molar-refractivity contribution in [3.05, 3.63) is 51.5 Å². The molecule has 0 spiro atoms. The van der Waals surface area contributed by atoms with E-state index in [1.165, 1.54) is 0 Å². The summed E-state index contributed by atoms with van der Waals surface area (Å²) in [6, 6.07) is 12.9. The second-order valence-corrected chi connectivity index (χ2v) is 5.48. The normalized spacial score (nSPS) is 10.7. The molecule has 6 heteroatoms. The third-order valence-electron chi connectivity index (χ3n) is 2.97. The Hall–Kier alpha value is -2.03. The van der Waals surface area contributed by atoms with Crippen molar-refractivity contribution in [2.24, 2.45) is 0 Å². The van der Waals surface area contributed by atoms with E-state index in [2.05, 4.69) is 27.0 Å². The Balaban J connectivity index is 2.32. The summed E-state index contributed by atoms with van der Waals surface area (Å²) in [6.07, 6.45) is 0. The molecular formula is C14H8BrClN4. The van der Waals surface area contributed by atoms with Gasteiger partial charge in [0.05, 0.1) is 33.4 Å². The van der Waals surface area contributed by atoms with E-state index in [9.17, 15) is 0 Å². The number of nitrogens with zero attached hydrogens (tertiary/aromatic N) is 3. The van der Waals surface area contributed by atoms with Gasteiger partial charge in [0.2, 0.25) is 5.95 Å². The highest BCUT2D eigenvalue weighted by molar-refractivity contribution is 9.10. The Labute approximate surface area is 128 Å². The van der Waals surface area contributed by atoms with Crippen LogP contribution < -0.4 is 5.73 Å². The molecule has 2 aromatic carbocycles. The van der Waals surface area contributed by atoms with E-state index < -0.39 is 0 Å². The van der Waals surface area contributed by atoms with Crippen LogP contribution in [0.25, 0.3) is 16.7 Å². The number of rotatable bonds is 1. The maximum atomic E-state index is 9.01. The van der Waals surface area contributed by atoms with Crippen molar-refractivity contribution in [2.75, 3.05) is 5.73 Å². The number of nitriles is 1. The van der Waals surface area contributed by atoms with Crippen molar-refractivity contribution >= 4 is 44.5 Å². The zero-order valence-corrected chi connectivity index (χ0v) is 12.5. The van der Waals surface area contributed by atoms with E-state index in [1.807, 2.05) is 12.1 Å². The molecule has 98 valence electrons. The monoisotopic (exact) mass is 346 g/mol. The zero-order chi connectivity index (χ0) is 14.3. The Morgan fingerprint density at radius 2 is 2.05 bits per heavy atom. The molecule has 0 bridgehead atoms. The largest absolute Gasteiger partial charge is 0.369 e. The molecule has 0 atom stereocenters. The van der Waals surface area contributed by atoms with Gasteiger partial charge in [-0.1, -0.05) is 11.6 Å². The topological polar surface area (TPSA) is 67.6 Å². The number of fused-ring (bicyclic) bond motifs is 1. The first-order valence-electron chi connectivity index (χ1n) is 5.73. The molecule has 20 heavy (non-hydrogen) atoms. The molecule has 1 heterocycles. The first kappa shape index (κ1) is 13.0. The molecule has 3 rings (SSSR count). The van der Waals surface area contributed by atoms with Gasteiger partial charge < -0.3 is 5.73 Å².